The number of halogens is 1. The van der Waals surface area contributed by atoms with Crippen molar-refractivity contribution in [3.8, 4) is 29.1 Å². The van der Waals surface area contributed by atoms with Crippen molar-refractivity contribution in [2.45, 2.75) is 18.7 Å². The smallest absolute Gasteiger partial charge is 0.261 e. The Hall–Kier alpha value is -3.65. The number of pyridine rings is 1. The van der Waals surface area contributed by atoms with Crippen LogP contribution < -0.4 is 14.2 Å². The molecular formula is C27H26FN3O4S2. The van der Waals surface area contributed by atoms with Crippen molar-refractivity contribution in [3.05, 3.63) is 71.5 Å². The van der Waals surface area contributed by atoms with Gasteiger partial charge in [-0.2, -0.15) is 0 Å². The standard InChI is InChI=1S/C27H26FN3O4S2/c1-4-31(5-2)16-6-7-21-18-24-27(36-21)26(14-15-29-24)35-25-13-8-19(17-23(25)28)30-37(32,33)22-11-9-20(34-3)10-12-22/h8-15,17-18,30H,4-5,16H2,1-3H3. The Balaban J connectivity index is 1.51. The minimum Gasteiger partial charge on any atom is -0.497 e. The molecule has 192 valence electrons. The zero-order valence-electron chi connectivity index (χ0n) is 20.6. The van der Waals surface area contributed by atoms with Crippen LogP contribution in [0.25, 0.3) is 10.2 Å². The van der Waals surface area contributed by atoms with E-state index in [1.807, 2.05) is 6.07 Å². The summed E-state index contributed by atoms with van der Waals surface area (Å²) in [6.45, 7) is 6.74. The molecule has 0 radical (unpaired) electrons. The van der Waals surface area contributed by atoms with E-state index in [4.69, 9.17) is 9.47 Å². The molecule has 2 aromatic heterocycles. The highest BCUT2D eigenvalue weighted by atomic mass is 32.2. The van der Waals surface area contributed by atoms with E-state index < -0.39 is 15.8 Å². The number of nitrogens with zero attached hydrogens (tertiary/aromatic N) is 2. The fourth-order valence-electron chi connectivity index (χ4n) is 3.48. The zero-order valence-corrected chi connectivity index (χ0v) is 22.2. The maximum absolute atomic E-state index is 14.9. The van der Waals surface area contributed by atoms with E-state index in [1.54, 1.807) is 12.3 Å². The summed E-state index contributed by atoms with van der Waals surface area (Å²) in [6.07, 6.45) is 1.59. The molecule has 0 amide bonds. The number of rotatable bonds is 9. The molecular weight excluding hydrogens is 513 g/mol. The molecule has 4 aromatic rings. The first-order valence-corrected chi connectivity index (χ1v) is 13.9. The highest BCUT2D eigenvalue weighted by Crippen LogP contribution is 2.36. The molecule has 0 fully saturated rings. The number of methoxy groups -OCH3 is 1. The molecule has 0 aliphatic heterocycles. The van der Waals surface area contributed by atoms with Crippen LogP contribution in [0.15, 0.2) is 65.7 Å². The van der Waals surface area contributed by atoms with Gasteiger partial charge >= 0.3 is 0 Å². The van der Waals surface area contributed by atoms with Crippen molar-refractivity contribution >= 4 is 37.3 Å². The number of sulfonamides is 1. The third-order valence-electron chi connectivity index (χ3n) is 5.56. The van der Waals surface area contributed by atoms with Crippen LogP contribution in [0.4, 0.5) is 10.1 Å². The van der Waals surface area contributed by atoms with Gasteiger partial charge < -0.3 is 9.47 Å². The molecule has 2 heterocycles. The highest BCUT2D eigenvalue weighted by Gasteiger charge is 2.17. The minimum atomic E-state index is -3.91. The van der Waals surface area contributed by atoms with Crippen LogP contribution in [-0.4, -0.2) is 45.0 Å². The summed E-state index contributed by atoms with van der Waals surface area (Å²) < 4.78 is 54.3. The fraction of sp³-hybridized carbons (Fsp3) is 0.222. The highest BCUT2D eigenvalue weighted by molar-refractivity contribution is 7.92. The van der Waals surface area contributed by atoms with E-state index in [2.05, 4.69) is 40.3 Å². The van der Waals surface area contributed by atoms with Crippen LogP contribution >= 0.6 is 11.3 Å². The van der Waals surface area contributed by atoms with Crippen LogP contribution in [0.2, 0.25) is 0 Å². The molecule has 10 heteroatoms. The van der Waals surface area contributed by atoms with Crippen LogP contribution in [0.3, 0.4) is 0 Å². The number of anilines is 1. The molecule has 0 atom stereocenters. The largest absolute Gasteiger partial charge is 0.497 e. The van der Waals surface area contributed by atoms with Crippen molar-refractivity contribution in [2.24, 2.45) is 0 Å². The van der Waals surface area contributed by atoms with E-state index in [-0.39, 0.29) is 16.3 Å². The van der Waals surface area contributed by atoms with Gasteiger partial charge in [0, 0.05) is 18.3 Å². The van der Waals surface area contributed by atoms with Crippen molar-refractivity contribution in [2.75, 3.05) is 31.5 Å². The monoisotopic (exact) mass is 539 g/mol. The van der Waals surface area contributed by atoms with Crippen LogP contribution in [0.1, 0.15) is 18.7 Å². The number of hydrogen-bond donors (Lipinski definition) is 1. The lowest BCUT2D eigenvalue weighted by atomic mass is 10.3. The molecule has 0 unspecified atom stereocenters. The number of benzene rings is 2. The third kappa shape index (κ3) is 6.38. The van der Waals surface area contributed by atoms with Gasteiger partial charge in [-0.25, -0.2) is 12.8 Å². The fourth-order valence-corrected chi connectivity index (χ4v) is 5.47. The van der Waals surface area contributed by atoms with Gasteiger partial charge in [-0.1, -0.05) is 25.7 Å². The molecule has 37 heavy (non-hydrogen) atoms. The number of aromatic nitrogens is 1. The number of ether oxygens (including phenoxy) is 2. The zero-order chi connectivity index (χ0) is 26.4. The Morgan fingerprint density at radius 2 is 1.81 bits per heavy atom. The average molecular weight is 540 g/mol. The number of hydrogen-bond acceptors (Lipinski definition) is 7. The van der Waals surface area contributed by atoms with E-state index in [9.17, 15) is 12.8 Å². The first kappa shape index (κ1) is 26.4. The minimum absolute atomic E-state index is 0.0295. The molecule has 0 aliphatic carbocycles. The Morgan fingerprint density at radius 1 is 1.05 bits per heavy atom. The van der Waals surface area contributed by atoms with Crippen molar-refractivity contribution in [1.29, 1.82) is 0 Å². The Morgan fingerprint density at radius 3 is 2.49 bits per heavy atom. The number of thiophene rings is 1. The lowest BCUT2D eigenvalue weighted by Gasteiger charge is -2.12. The predicted octanol–water partition coefficient (Wildman–Crippen LogP) is 5.73. The maximum Gasteiger partial charge on any atom is 0.261 e. The van der Waals surface area contributed by atoms with Gasteiger partial charge in [0.1, 0.15) is 11.5 Å². The van der Waals surface area contributed by atoms with Crippen molar-refractivity contribution in [3.63, 3.8) is 0 Å². The summed E-state index contributed by atoms with van der Waals surface area (Å²) in [6, 6.07) is 13.3. The first-order chi connectivity index (χ1) is 17.8. The van der Waals surface area contributed by atoms with Crippen LogP contribution in [-0.2, 0) is 10.0 Å². The van der Waals surface area contributed by atoms with Gasteiger partial charge in [0.15, 0.2) is 11.6 Å². The summed E-state index contributed by atoms with van der Waals surface area (Å²) in [7, 11) is -2.41. The molecule has 0 bridgehead atoms. The lowest BCUT2D eigenvalue weighted by Crippen LogP contribution is -2.22. The maximum atomic E-state index is 14.9. The van der Waals surface area contributed by atoms with Gasteiger partial charge in [0.05, 0.1) is 39.3 Å². The molecule has 1 N–H and O–H groups in total. The molecule has 4 rings (SSSR count). The normalized spacial score (nSPS) is 11.3. The number of fused-ring (bicyclic) bond motifs is 1. The second-order valence-corrected chi connectivity index (χ2v) is 10.7. The molecule has 0 saturated carbocycles. The Bertz CT molecular complexity index is 1550. The Labute approximate surface area is 219 Å². The summed E-state index contributed by atoms with van der Waals surface area (Å²) in [4.78, 5) is 7.46. The molecule has 2 aromatic carbocycles. The third-order valence-corrected chi connectivity index (χ3v) is 8.01. The lowest BCUT2D eigenvalue weighted by molar-refractivity contribution is 0.342. The van der Waals surface area contributed by atoms with E-state index in [0.717, 1.165) is 28.7 Å². The van der Waals surface area contributed by atoms with Gasteiger partial charge in [0.2, 0.25) is 0 Å². The average Bonchev–Trinajstić information content (AvgIpc) is 3.32. The van der Waals surface area contributed by atoms with Crippen LogP contribution in [0.5, 0.6) is 17.2 Å². The second kappa shape index (κ2) is 11.6. The SMILES string of the molecule is CCN(CC)CC#Cc1cc2nccc(Oc3ccc(NS(=O)(=O)c4ccc(OC)cc4)cc3F)c2s1. The molecule has 7 nitrogen and oxygen atoms in total. The Kier molecular flexibility index (Phi) is 8.28. The summed E-state index contributed by atoms with van der Waals surface area (Å²) >= 11 is 1.42. The molecule has 0 spiro atoms. The quantitative estimate of drug-likeness (QED) is 0.274. The van der Waals surface area contributed by atoms with Crippen molar-refractivity contribution in [1.82, 2.24) is 9.88 Å². The van der Waals surface area contributed by atoms with E-state index >= 15 is 0 Å². The summed E-state index contributed by atoms with van der Waals surface area (Å²) in [5, 5.41) is 0. The van der Waals surface area contributed by atoms with Gasteiger partial charge in [-0.15, -0.1) is 11.3 Å². The number of nitrogens with one attached hydrogen (secondary N) is 1. The summed E-state index contributed by atoms with van der Waals surface area (Å²) in [5.41, 5.74) is 0.779. The molecule has 0 saturated heterocycles. The van der Waals surface area contributed by atoms with Gasteiger partial charge in [0.25, 0.3) is 10.0 Å². The predicted molar refractivity (Wildman–Crippen MR) is 145 cm³/mol. The first-order valence-electron chi connectivity index (χ1n) is 11.6. The van der Waals surface area contributed by atoms with E-state index in [1.165, 1.54) is 54.8 Å². The summed E-state index contributed by atoms with van der Waals surface area (Å²) in [5.74, 6) is 6.57. The second-order valence-electron chi connectivity index (χ2n) is 7.93. The molecule has 0 aliphatic rings. The van der Waals surface area contributed by atoms with Crippen LogP contribution in [0, 0.1) is 17.7 Å². The van der Waals surface area contributed by atoms with Crippen molar-refractivity contribution < 1.29 is 22.3 Å². The van der Waals surface area contributed by atoms with Gasteiger partial charge in [-0.3, -0.25) is 14.6 Å². The topological polar surface area (TPSA) is 80.8 Å². The van der Waals surface area contributed by atoms with Gasteiger partial charge in [-0.05, 0) is 55.6 Å². The van der Waals surface area contributed by atoms with E-state index in [0.29, 0.717) is 23.6 Å².